The molecule has 0 aromatic carbocycles. The Bertz CT molecular complexity index is 635. The predicted octanol–water partition coefficient (Wildman–Crippen LogP) is 0.967. The molecule has 3 rings (SSSR count). The molecule has 1 saturated heterocycles. The summed E-state index contributed by atoms with van der Waals surface area (Å²) in [7, 11) is 0. The highest BCUT2D eigenvalue weighted by Crippen LogP contribution is 2.14. The van der Waals surface area contributed by atoms with E-state index < -0.39 is 5.97 Å². The number of anilines is 1. The van der Waals surface area contributed by atoms with Gasteiger partial charge in [-0.15, -0.1) is 10.2 Å². The summed E-state index contributed by atoms with van der Waals surface area (Å²) >= 11 is 0. The minimum Gasteiger partial charge on any atom is -0.452 e. The smallest absolute Gasteiger partial charge is 0.340 e. The van der Waals surface area contributed by atoms with Gasteiger partial charge < -0.3 is 18.8 Å². The van der Waals surface area contributed by atoms with Crippen molar-refractivity contribution in [1.82, 2.24) is 15.2 Å². The summed E-state index contributed by atoms with van der Waals surface area (Å²) in [6.45, 7) is 4.60. The maximum Gasteiger partial charge on any atom is 0.340 e. The lowest BCUT2D eigenvalue weighted by Crippen LogP contribution is -2.36. The molecule has 0 atom stereocenters. The molecule has 0 bridgehead atoms. The number of pyridine rings is 1. The van der Waals surface area contributed by atoms with Gasteiger partial charge in [-0.3, -0.25) is 0 Å². The van der Waals surface area contributed by atoms with Crippen molar-refractivity contribution in [2.75, 3.05) is 31.2 Å². The first-order valence-corrected chi connectivity index (χ1v) is 6.97. The molecule has 2 aromatic rings. The molecule has 0 saturated carbocycles. The normalized spacial score (nSPS) is 14.9. The molecular weight excluding hydrogens is 288 g/mol. The predicted molar refractivity (Wildman–Crippen MR) is 75.4 cm³/mol. The van der Waals surface area contributed by atoms with E-state index in [1.54, 1.807) is 19.1 Å². The van der Waals surface area contributed by atoms with Gasteiger partial charge in [0.15, 0.2) is 6.61 Å². The summed E-state index contributed by atoms with van der Waals surface area (Å²) in [5.74, 6) is 1.05. The third-order valence-electron chi connectivity index (χ3n) is 3.21. The summed E-state index contributed by atoms with van der Waals surface area (Å²) in [5, 5.41) is 7.42. The van der Waals surface area contributed by atoms with Crippen LogP contribution in [0.1, 0.15) is 22.1 Å². The number of rotatable bonds is 4. The molecule has 0 spiro atoms. The van der Waals surface area contributed by atoms with Crippen molar-refractivity contribution in [3.8, 4) is 0 Å². The number of aromatic nitrogens is 3. The molecule has 0 unspecified atom stereocenters. The SMILES string of the molecule is Cc1nnc(COC(=O)c2ccc(N3CCOCC3)nc2)o1. The second-order valence-electron chi connectivity index (χ2n) is 4.80. The van der Waals surface area contributed by atoms with Crippen LogP contribution in [0.2, 0.25) is 0 Å². The van der Waals surface area contributed by atoms with E-state index >= 15 is 0 Å². The van der Waals surface area contributed by atoms with Crippen LogP contribution < -0.4 is 4.90 Å². The van der Waals surface area contributed by atoms with E-state index in [4.69, 9.17) is 13.9 Å². The van der Waals surface area contributed by atoms with Gasteiger partial charge in [-0.2, -0.15) is 0 Å². The molecular formula is C14H16N4O4. The first kappa shape index (κ1) is 14.5. The van der Waals surface area contributed by atoms with Crippen molar-refractivity contribution in [3.05, 3.63) is 35.7 Å². The van der Waals surface area contributed by atoms with Crippen LogP contribution in [0.5, 0.6) is 0 Å². The fourth-order valence-electron chi connectivity index (χ4n) is 2.09. The van der Waals surface area contributed by atoms with E-state index in [-0.39, 0.29) is 12.5 Å². The molecule has 116 valence electrons. The Hall–Kier alpha value is -2.48. The van der Waals surface area contributed by atoms with Crippen LogP contribution in [0, 0.1) is 6.92 Å². The molecule has 8 heteroatoms. The van der Waals surface area contributed by atoms with Crippen molar-refractivity contribution < 1.29 is 18.7 Å². The molecule has 3 heterocycles. The van der Waals surface area contributed by atoms with Crippen LogP contribution >= 0.6 is 0 Å². The van der Waals surface area contributed by atoms with Gasteiger partial charge in [-0.25, -0.2) is 9.78 Å². The molecule has 0 amide bonds. The maximum absolute atomic E-state index is 11.9. The van der Waals surface area contributed by atoms with Crippen molar-refractivity contribution in [2.45, 2.75) is 13.5 Å². The summed E-state index contributed by atoms with van der Waals surface area (Å²) in [6, 6.07) is 3.50. The number of nitrogens with zero attached hydrogens (tertiary/aromatic N) is 4. The van der Waals surface area contributed by atoms with Gasteiger partial charge >= 0.3 is 5.97 Å². The van der Waals surface area contributed by atoms with Crippen LogP contribution in [0.15, 0.2) is 22.7 Å². The molecule has 1 fully saturated rings. The molecule has 2 aromatic heterocycles. The quantitative estimate of drug-likeness (QED) is 0.772. The zero-order valence-corrected chi connectivity index (χ0v) is 12.2. The Morgan fingerprint density at radius 1 is 1.32 bits per heavy atom. The number of esters is 1. The number of hydrogen-bond donors (Lipinski definition) is 0. The van der Waals surface area contributed by atoms with Crippen LogP contribution in [0.25, 0.3) is 0 Å². The first-order chi connectivity index (χ1) is 10.7. The van der Waals surface area contributed by atoms with E-state index in [9.17, 15) is 4.79 Å². The van der Waals surface area contributed by atoms with Crippen molar-refractivity contribution in [2.24, 2.45) is 0 Å². The van der Waals surface area contributed by atoms with Crippen LogP contribution in [-0.2, 0) is 16.1 Å². The number of carbonyl (C=O) groups is 1. The minimum atomic E-state index is -0.475. The molecule has 22 heavy (non-hydrogen) atoms. The highest BCUT2D eigenvalue weighted by atomic mass is 16.5. The fraction of sp³-hybridized carbons (Fsp3) is 0.429. The monoisotopic (exact) mass is 304 g/mol. The molecule has 0 aliphatic carbocycles. The molecule has 1 aliphatic heterocycles. The van der Waals surface area contributed by atoms with Gasteiger partial charge in [0, 0.05) is 26.2 Å². The lowest BCUT2D eigenvalue weighted by atomic mass is 10.2. The third-order valence-corrected chi connectivity index (χ3v) is 3.21. The maximum atomic E-state index is 11.9. The fourth-order valence-corrected chi connectivity index (χ4v) is 2.09. The van der Waals surface area contributed by atoms with Gasteiger partial charge in [-0.1, -0.05) is 0 Å². The Balaban J connectivity index is 1.58. The lowest BCUT2D eigenvalue weighted by Gasteiger charge is -2.27. The van der Waals surface area contributed by atoms with Crippen molar-refractivity contribution >= 4 is 11.8 Å². The number of ether oxygens (including phenoxy) is 2. The summed E-state index contributed by atoms with van der Waals surface area (Å²) in [5.41, 5.74) is 0.383. The van der Waals surface area contributed by atoms with E-state index in [1.165, 1.54) is 6.20 Å². The Morgan fingerprint density at radius 2 is 2.14 bits per heavy atom. The second-order valence-corrected chi connectivity index (χ2v) is 4.80. The molecule has 0 radical (unpaired) electrons. The van der Waals surface area contributed by atoms with Crippen molar-refractivity contribution in [1.29, 1.82) is 0 Å². The largest absolute Gasteiger partial charge is 0.452 e. The van der Waals surface area contributed by atoms with Gasteiger partial charge in [-0.05, 0) is 12.1 Å². The zero-order chi connectivity index (χ0) is 15.4. The zero-order valence-electron chi connectivity index (χ0n) is 12.2. The van der Waals surface area contributed by atoms with Crippen molar-refractivity contribution in [3.63, 3.8) is 0 Å². The molecule has 0 N–H and O–H groups in total. The Kier molecular flexibility index (Phi) is 4.29. The van der Waals surface area contributed by atoms with Gasteiger partial charge in [0.05, 0.1) is 18.8 Å². The summed E-state index contributed by atoms with van der Waals surface area (Å²) in [6.07, 6.45) is 1.51. The van der Waals surface area contributed by atoms with Crippen LogP contribution in [0.3, 0.4) is 0 Å². The highest BCUT2D eigenvalue weighted by molar-refractivity contribution is 5.89. The van der Waals surface area contributed by atoms with E-state index in [0.29, 0.717) is 24.7 Å². The average molecular weight is 304 g/mol. The number of carbonyl (C=O) groups excluding carboxylic acids is 1. The van der Waals surface area contributed by atoms with Gasteiger partial charge in [0.1, 0.15) is 5.82 Å². The average Bonchev–Trinajstić information content (AvgIpc) is 2.99. The lowest BCUT2D eigenvalue weighted by molar-refractivity contribution is 0.0436. The minimum absolute atomic E-state index is 0.0507. The van der Waals surface area contributed by atoms with E-state index in [0.717, 1.165) is 18.9 Å². The molecule has 1 aliphatic rings. The Labute approximate surface area is 127 Å². The topological polar surface area (TPSA) is 90.6 Å². The third kappa shape index (κ3) is 3.40. The van der Waals surface area contributed by atoms with Crippen LogP contribution in [0.4, 0.5) is 5.82 Å². The number of morpholine rings is 1. The van der Waals surface area contributed by atoms with Gasteiger partial charge in [0.2, 0.25) is 5.89 Å². The molecule has 8 nitrogen and oxygen atoms in total. The van der Waals surface area contributed by atoms with E-state index in [1.807, 2.05) is 0 Å². The second kappa shape index (κ2) is 6.52. The first-order valence-electron chi connectivity index (χ1n) is 6.97. The van der Waals surface area contributed by atoms with Crippen LogP contribution in [-0.4, -0.2) is 47.5 Å². The Morgan fingerprint density at radius 3 is 2.77 bits per heavy atom. The summed E-state index contributed by atoms with van der Waals surface area (Å²) in [4.78, 5) is 18.3. The number of hydrogen-bond acceptors (Lipinski definition) is 8. The van der Waals surface area contributed by atoms with E-state index in [2.05, 4.69) is 20.1 Å². The van der Waals surface area contributed by atoms with Gasteiger partial charge in [0.25, 0.3) is 5.89 Å². The number of aryl methyl sites for hydroxylation is 1. The summed E-state index contributed by atoms with van der Waals surface area (Å²) < 4.78 is 15.5. The standard InChI is InChI=1S/C14H16N4O4/c1-10-16-17-13(22-10)9-21-14(19)11-2-3-12(15-8-11)18-4-6-20-7-5-18/h2-3,8H,4-7,9H2,1H3. The highest BCUT2D eigenvalue weighted by Gasteiger charge is 2.14.